The van der Waals surface area contributed by atoms with E-state index >= 15 is 0 Å². The maximum atomic E-state index is 3.56. The second-order valence-corrected chi connectivity index (χ2v) is 6.31. The largest absolute Gasteiger partial charge is 0.361 e. The third-order valence-corrected chi connectivity index (χ3v) is 3.21. The molecule has 0 aliphatic rings. The number of benzene rings is 1. The van der Waals surface area contributed by atoms with Crippen LogP contribution in [0.1, 0.15) is 33.3 Å². The standard InChI is InChI=1S/C16H25N3/c1-12(10-19-16(2,3)4)18-11-13-5-6-15-14(9-13)7-8-17-15/h5-9,12,17-19H,10-11H2,1-4H3. The fourth-order valence-electron chi connectivity index (χ4n) is 2.04. The van der Waals surface area contributed by atoms with E-state index in [1.54, 1.807) is 0 Å². The van der Waals surface area contributed by atoms with Crippen LogP contribution in [0.4, 0.5) is 0 Å². The molecule has 3 N–H and O–H groups in total. The topological polar surface area (TPSA) is 39.8 Å². The lowest BCUT2D eigenvalue weighted by Gasteiger charge is -2.24. The van der Waals surface area contributed by atoms with Gasteiger partial charge in [-0.1, -0.05) is 6.07 Å². The lowest BCUT2D eigenvalue weighted by atomic mass is 10.1. The summed E-state index contributed by atoms with van der Waals surface area (Å²) in [5.41, 5.74) is 2.71. The van der Waals surface area contributed by atoms with Gasteiger partial charge >= 0.3 is 0 Å². The molecule has 0 radical (unpaired) electrons. The molecule has 1 aromatic heterocycles. The highest BCUT2D eigenvalue weighted by atomic mass is 15.0. The molecule has 2 aromatic rings. The number of rotatable bonds is 5. The summed E-state index contributed by atoms with van der Waals surface area (Å²) in [5, 5.41) is 8.35. The summed E-state index contributed by atoms with van der Waals surface area (Å²) in [6.45, 7) is 10.7. The highest BCUT2D eigenvalue weighted by Gasteiger charge is 2.10. The van der Waals surface area contributed by atoms with Crippen LogP contribution in [0, 0.1) is 0 Å². The summed E-state index contributed by atoms with van der Waals surface area (Å²) in [6.07, 6.45) is 1.98. The van der Waals surface area contributed by atoms with Crippen LogP contribution < -0.4 is 10.6 Å². The number of aromatic amines is 1. The Balaban J connectivity index is 1.84. The van der Waals surface area contributed by atoms with Gasteiger partial charge in [-0.15, -0.1) is 0 Å². The third-order valence-electron chi connectivity index (χ3n) is 3.21. The summed E-state index contributed by atoms with van der Waals surface area (Å²) in [6, 6.07) is 9.13. The van der Waals surface area contributed by atoms with Crippen molar-refractivity contribution in [3.63, 3.8) is 0 Å². The predicted molar refractivity (Wildman–Crippen MR) is 82.4 cm³/mol. The average Bonchev–Trinajstić information content (AvgIpc) is 2.80. The number of nitrogens with one attached hydrogen (secondary N) is 3. The van der Waals surface area contributed by atoms with Crippen LogP contribution in [-0.4, -0.2) is 23.1 Å². The SMILES string of the molecule is CC(CNC(C)(C)C)NCc1ccc2[nH]ccc2c1. The summed E-state index contributed by atoms with van der Waals surface area (Å²) in [7, 11) is 0. The summed E-state index contributed by atoms with van der Waals surface area (Å²) in [5.74, 6) is 0. The van der Waals surface area contributed by atoms with Crippen molar-refractivity contribution in [3.05, 3.63) is 36.0 Å². The van der Waals surface area contributed by atoms with Crippen molar-refractivity contribution in [1.29, 1.82) is 0 Å². The van der Waals surface area contributed by atoms with Crippen molar-refractivity contribution in [1.82, 2.24) is 15.6 Å². The molecule has 0 amide bonds. The molecule has 1 atom stereocenters. The molecule has 19 heavy (non-hydrogen) atoms. The van der Waals surface area contributed by atoms with Crippen LogP contribution in [-0.2, 0) is 6.54 Å². The Hall–Kier alpha value is -1.32. The predicted octanol–water partition coefficient (Wildman–Crippen LogP) is 3.03. The van der Waals surface area contributed by atoms with Gasteiger partial charge in [-0.25, -0.2) is 0 Å². The zero-order valence-corrected chi connectivity index (χ0v) is 12.4. The monoisotopic (exact) mass is 259 g/mol. The lowest BCUT2D eigenvalue weighted by Crippen LogP contribution is -2.44. The van der Waals surface area contributed by atoms with Crippen molar-refractivity contribution < 1.29 is 0 Å². The van der Waals surface area contributed by atoms with Crippen molar-refractivity contribution in [2.45, 2.75) is 45.8 Å². The van der Waals surface area contributed by atoms with E-state index in [0.717, 1.165) is 13.1 Å². The van der Waals surface area contributed by atoms with E-state index in [4.69, 9.17) is 0 Å². The van der Waals surface area contributed by atoms with Gasteiger partial charge in [0.2, 0.25) is 0 Å². The number of hydrogen-bond acceptors (Lipinski definition) is 2. The van der Waals surface area contributed by atoms with Gasteiger partial charge in [-0.05, 0) is 56.8 Å². The van der Waals surface area contributed by atoms with E-state index in [1.165, 1.54) is 16.5 Å². The van der Waals surface area contributed by atoms with Gasteiger partial charge < -0.3 is 15.6 Å². The van der Waals surface area contributed by atoms with Crippen LogP contribution >= 0.6 is 0 Å². The minimum absolute atomic E-state index is 0.181. The van der Waals surface area contributed by atoms with Crippen LogP contribution in [0.2, 0.25) is 0 Å². The number of hydrogen-bond donors (Lipinski definition) is 3. The Morgan fingerprint density at radius 3 is 2.74 bits per heavy atom. The molecular formula is C16H25N3. The van der Waals surface area contributed by atoms with E-state index in [1.807, 2.05) is 6.20 Å². The zero-order chi connectivity index (χ0) is 13.9. The average molecular weight is 259 g/mol. The maximum absolute atomic E-state index is 3.56. The molecule has 0 saturated heterocycles. The number of aromatic nitrogens is 1. The molecule has 0 aliphatic heterocycles. The normalized spacial score (nSPS) is 13.9. The van der Waals surface area contributed by atoms with E-state index in [2.05, 4.69) is 67.6 Å². The van der Waals surface area contributed by atoms with E-state index in [0.29, 0.717) is 6.04 Å². The molecule has 2 rings (SSSR count). The van der Waals surface area contributed by atoms with Crippen molar-refractivity contribution in [2.75, 3.05) is 6.54 Å². The van der Waals surface area contributed by atoms with Gasteiger partial charge in [0, 0.05) is 36.4 Å². The highest BCUT2D eigenvalue weighted by molar-refractivity contribution is 5.79. The van der Waals surface area contributed by atoms with Crippen molar-refractivity contribution in [2.24, 2.45) is 0 Å². The van der Waals surface area contributed by atoms with Crippen LogP contribution in [0.15, 0.2) is 30.5 Å². The molecule has 1 unspecified atom stereocenters. The summed E-state index contributed by atoms with van der Waals surface area (Å²) >= 11 is 0. The lowest BCUT2D eigenvalue weighted by molar-refractivity contribution is 0.387. The molecule has 0 aliphatic carbocycles. The molecule has 0 saturated carbocycles. The molecular weight excluding hydrogens is 234 g/mol. The fourth-order valence-corrected chi connectivity index (χ4v) is 2.04. The Labute approximate surface area is 115 Å². The van der Waals surface area contributed by atoms with Gasteiger partial charge in [0.1, 0.15) is 0 Å². The molecule has 104 valence electrons. The van der Waals surface area contributed by atoms with Gasteiger partial charge in [-0.2, -0.15) is 0 Å². The molecule has 0 fully saturated rings. The number of fused-ring (bicyclic) bond motifs is 1. The first-order chi connectivity index (χ1) is 8.94. The first-order valence-corrected chi connectivity index (χ1v) is 6.98. The number of H-pyrrole nitrogens is 1. The first-order valence-electron chi connectivity index (χ1n) is 6.98. The second kappa shape index (κ2) is 5.76. The molecule has 3 heteroatoms. The molecule has 3 nitrogen and oxygen atoms in total. The summed E-state index contributed by atoms with van der Waals surface area (Å²) < 4.78 is 0. The van der Waals surface area contributed by atoms with E-state index < -0.39 is 0 Å². The minimum Gasteiger partial charge on any atom is -0.361 e. The molecule has 0 spiro atoms. The van der Waals surface area contributed by atoms with Crippen LogP contribution in [0.3, 0.4) is 0 Å². The fraction of sp³-hybridized carbons (Fsp3) is 0.500. The minimum atomic E-state index is 0.181. The quantitative estimate of drug-likeness (QED) is 0.772. The van der Waals surface area contributed by atoms with Gasteiger partial charge in [0.05, 0.1) is 0 Å². The van der Waals surface area contributed by atoms with Crippen molar-refractivity contribution >= 4 is 10.9 Å². The van der Waals surface area contributed by atoms with E-state index in [9.17, 15) is 0 Å². The Bertz CT molecular complexity index is 522. The third kappa shape index (κ3) is 4.37. The molecule has 1 heterocycles. The summed E-state index contributed by atoms with van der Waals surface area (Å²) in [4.78, 5) is 3.22. The Morgan fingerprint density at radius 2 is 2.00 bits per heavy atom. The Kier molecular flexibility index (Phi) is 4.27. The smallest absolute Gasteiger partial charge is 0.0454 e. The molecule has 0 bridgehead atoms. The van der Waals surface area contributed by atoms with Gasteiger partial charge in [-0.3, -0.25) is 0 Å². The van der Waals surface area contributed by atoms with Crippen LogP contribution in [0.25, 0.3) is 10.9 Å². The first kappa shape index (κ1) is 14.1. The van der Waals surface area contributed by atoms with Gasteiger partial charge in [0.25, 0.3) is 0 Å². The van der Waals surface area contributed by atoms with E-state index in [-0.39, 0.29) is 5.54 Å². The Morgan fingerprint density at radius 1 is 1.21 bits per heavy atom. The van der Waals surface area contributed by atoms with Crippen LogP contribution in [0.5, 0.6) is 0 Å². The zero-order valence-electron chi connectivity index (χ0n) is 12.4. The second-order valence-electron chi connectivity index (χ2n) is 6.31. The molecule has 1 aromatic carbocycles. The highest BCUT2D eigenvalue weighted by Crippen LogP contribution is 2.14. The maximum Gasteiger partial charge on any atom is 0.0454 e. The van der Waals surface area contributed by atoms with Gasteiger partial charge in [0.15, 0.2) is 0 Å². The van der Waals surface area contributed by atoms with Crippen molar-refractivity contribution in [3.8, 4) is 0 Å².